The molecule has 0 saturated heterocycles. The van der Waals surface area contributed by atoms with Crippen LogP contribution in [0.3, 0.4) is 0 Å². The van der Waals surface area contributed by atoms with Crippen LogP contribution in [-0.2, 0) is 37.6 Å². The molecule has 1 radical (unpaired) electrons. The van der Waals surface area contributed by atoms with Gasteiger partial charge in [0.2, 0.25) is 0 Å². The molecule has 24 nitrogen and oxygen atoms in total. The Kier molecular flexibility index (Phi) is 13.3. The molecule has 0 spiro atoms. The van der Waals surface area contributed by atoms with E-state index in [1.165, 1.54) is 44.2 Å². The third-order valence-corrected chi connectivity index (χ3v) is 9.40. The number of azo groups is 2. The van der Waals surface area contributed by atoms with E-state index in [9.17, 15) is 52.1 Å². The molecule has 0 amide bonds. The number of nitro groups is 2. The van der Waals surface area contributed by atoms with Gasteiger partial charge in [-0.05, 0) is 62.4 Å². The predicted octanol–water partition coefficient (Wildman–Crippen LogP) is 4.38. The summed E-state index contributed by atoms with van der Waals surface area (Å²) in [5.41, 5.74) is -0.982. The van der Waals surface area contributed by atoms with E-state index in [2.05, 4.69) is 30.7 Å². The van der Waals surface area contributed by atoms with E-state index in [1.807, 2.05) is 0 Å². The molecule has 6 aromatic rings. The number of aromatic amines is 1. The van der Waals surface area contributed by atoms with Crippen LogP contribution in [0.4, 0.5) is 34.1 Å². The molecule has 27 heteroatoms. The Labute approximate surface area is 341 Å². The maximum Gasteiger partial charge on any atom is 3.00 e. The van der Waals surface area contributed by atoms with E-state index >= 15 is 0 Å². The van der Waals surface area contributed by atoms with Crippen molar-refractivity contribution in [3.8, 4) is 28.8 Å². The summed E-state index contributed by atoms with van der Waals surface area (Å²) in [6.07, 6.45) is 0. The van der Waals surface area contributed by atoms with Crippen LogP contribution >= 0.6 is 0 Å². The molecule has 0 bridgehead atoms. The summed E-state index contributed by atoms with van der Waals surface area (Å²) in [7, 11) is -8.75. The molecule has 6 rings (SSSR count). The normalized spacial score (nSPS) is 11.6. The van der Waals surface area contributed by atoms with Crippen molar-refractivity contribution in [1.29, 1.82) is 0 Å². The summed E-state index contributed by atoms with van der Waals surface area (Å²) in [5.74, 6) is -1.38. The Balaban J connectivity index is 0.000000256. The monoisotopic (exact) mass is 889 g/mol. The first-order chi connectivity index (χ1) is 27.1. The summed E-state index contributed by atoms with van der Waals surface area (Å²) >= 11 is 0. The van der Waals surface area contributed by atoms with Crippen molar-refractivity contribution in [3.05, 3.63) is 127 Å². The van der Waals surface area contributed by atoms with Crippen molar-refractivity contribution in [3.63, 3.8) is 0 Å². The second kappa shape index (κ2) is 17.6. The predicted molar refractivity (Wildman–Crippen MR) is 196 cm³/mol. The molecule has 5 N–H and O–H groups in total. The zero-order valence-corrected chi connectivity index (χ0v) is 32.6. The van der Waals surface area contributed by atoms with Crippen molar-refractivity contribution in [2.24, 2.45) is 20.5 Å². The molecular formula is C32H25CrN10O14S2+2. The topological polar surface area (TPSA) is 369 Å². The van der Waals surface area contributed by atoms with Crippen LogP contribution in [0.15, 0.2) is 120 Å². The molecule has 2 heterocycles. The number of H-pyrrole nitrogens is 1. The third kappa shape index (κ3) is 10.2. The molecule has 0 unspecified atom stereocenters. The Bertz CT molecular complexity index is 2930. The van der Waals surface area contributed by atoms with Crippen LogP contribution in [0.2, 0.25) is 0 Å². The van der Waals surface area contributed by atoms with Gasteiger partial charge in [-0.1, -0.05) is 11.8 Å². The molecule has 0 saturated carbocycles. The number of nitro benzene ring substituents is 2. The van der Waals surface area contributed by atoms with Gasteiger partial charge in [0.15, 0.2) is 11.4 Å². The van der Waals surface area contributed by atoms with Crippen LogP contribution in [0.5, 0.6) is 17.4 Å². The Morgan fingerprint density at radius 1 is 0.712 bits per heavy atom. The molecule has 303 valence electrons. The van der Waals surface area contributed by atoms with Gasteiger partial charge >= 0.3 is 17.4 Å². The maximum absolute atomic E-state index is 12.6. The molecular weight excluding hydrogens is 865 g/mol. The average molecular weight is 890 g/mol. The number of benzene rings is 4. The largest absolute Gasteiger partial charge is 3.00 e. The first-order valence-corrected chi connectivity index (χ1v) is 18.6. The molecule has 4 aromatic carbocycles. The zero-order valence-electron chi connectivity index (χ0n) is 29.7. The van der Waals surface area contributed by atoms with Gasteiger partial charge in [0, 0.05) is 30.1 Å². The zero-order chi connectivity index (χ0) is 42.7. The Hall–Kier alpha value is -7.15. The summed E-state index contributed by atoms with van der Waals surface area (Å²) < 4.78 is 64.5. The van der Waals surface area contributed by atoms with E-state index in [0.29, 0.717) is 0 Å². The summed E-state index contributed by atoms with van der Waals surface area (Å²) in [4.78, 5) is 32.2. The van der Waals surface area contributed by atoms with Crippen molar-refractivity contribution < 1.29 is 68.5 Å². The van der Waals surface area contributed by atoms with Crippen LogP contribution in [0.1, 0.15) is 11.4 Å². The SMILES string of the molecule is Cc1[nH]n(-c2ccc(S(=O)(=O)O)cc2)c(=O)c1N=Nc1cc([N+](=O)[O-])ccc1[O-].Cc1nn(-c2ccc(S(=O)(=O)O)cc2)c([O-])c1N=Nc1cc([N+](=O)[O-])ccc1[OH2+].[Cr+3]. The van der Waals surface area contributed by atoms with E-state index in [0.717, 1.165) is 64.0 Å². The molecule has 0 aliphatic rings. The minimum Gasteiger partial charge on any atom is -0.871 e. The van der Waals surface area contributed by atoms with Crippen LogP contribution in [-0.4, -0.2) is 60.5 Å². The molecule has 2 aromatic heterocycles. The van der Waals surface area contributed by atoms with Crippen LogP contribution < -0.4 is 15.8 Å². The second-order valence-electron chi connectivity index (χ2n) is 11.6. The van der Waals surface area contributed by atoms with Crippen molar-refractivity contribution in [1.82, 2.24) is 19.6 Å². The number of nitrogens with zero attached hydrogens (tertiary/aromatic N) is 9. The number of rotatable bonds is 10. The van der Waals surface area contributed by atoms with E-state index in [1.54, 1.807) is 0 Å². The van der Waals surface area contributed by atoms with Crippen molar-refractivity contribution in [2.75, 3.05) is 0 Å². The second-order valence-corrected chi connectivity index (χ2v) is 14.4. The number of nitrogens with one attached hydrogen (secondary N) is 1. The minimum absolute atomic E-state index is 0. The number of hydrogen-bond donors (Lipinski definition) is 3. The fourth-order valence-electron chi connectivity index (χ4n) is 4.77. The fraction of sp³-hybridized carbons (Fsp3) is 0.0625. The molecule has 59 heavy (non-hydrogen) atoms. The first-order valence-electron chi connectivity index (χ1n) is 15.7. The number of aryl methyl sites for hydroxylation is 2. The third-order valence-electron chi connectivity index (χ3n) is 7.66. The van der Waals surface area contributed by atoms with Gasteiger partial charge in [0.05, 0.1) is 54.2 Å². The van der Waals surface area contributed by atoms with Gasteiger partial charge in [0.1, 0.15) is 5.69 Å². The average Bonchev–Trinajstić information content (AvgIpc) is 3.61. The molecule has 0 fully saturated rings. The van der Waals surface area contributed by atoms with Gasteiger partial charge < -0.3 is 15.3 Å². The van der Waals surface area contributed by atoms with Crippen LogP contribution in [0, 0.1) is 34.1 Å². The number of hydrogen-bond acceptors (Lipinski definition) is 16. The molecule has 0 aliphatic heterocycles. The number of aromatic nitrogens is 4. The minimum atomic E-state index is -4.38. The standard InChI is InChI=1S/2C16H13N5O7S.Cr/c2*1-9-15(18-17-13-8-11(21(24)25)4-7-14(13)22)16(23)20(19-9)10-2-5-12(6-3-10)29(26,27)28;/h2-8,22-23H,1H3,(H,26,27,28);2-8,19,22H,1H3,(H,26,27,28);/q;;+3/p-1. The Morgan fingerprint density at radius 3 is 1.71 bits per heavy atom. The molecule has 0 aliphatic carbocycles. The van der Waals surface area contributed by atoms with Crippen molar-refractivity contribution in [2.45, 2.75) is 23.6 Å². The van der Waals surface area contributed by atoms with Crippen LogP contribution in [0.25, 0.3) is 11.4 Å². The van der Waals surface area contributed by atoms with Gasteiger partial charge in [-0.15, -0.1) is 15.3 Å². The summed E-state index contributed by atoms with van der Waals surface area (Å²) in [6, 6.07) is 15.9. The van der Waals surface area contributed by atoms with E-state index < -0.39 is 47.3 Å². The van der Waals surface area contributed by atoms with E-state index in [-0.39, 0.29) is 89.8 Å². The van der Waals surface area contributed by atoms with Gasteiger partial charge in [0.25, 0.3) is 42.9 Å². The molecule has 0 atom stereocenters. The first kappa shape index (κ1) is 44.6. The Morgan fingerprint density at radius 2 is 1.19 bits per heavy atom. The fourth-order valence-corrected chi connectivity index (χ4v) is 5.73. The maximum atomic E-state index is 12.6. The number of non-ortho nitro benzene ring substituents is 2. The smallest absolute Gasteiger partial charge is 0.871 e. The quantitative estimate of drug-likeness (QED) is 0.0565. The summed E-state index contributed by atoms with van der Waals surface area (Å²) in [6.45, 7) is 3.01. The summed E-state index contributed by atoms with van der Waals surface area (Å²) in [5, 5.41) is 75.5. The van der Waals surface area contributed by atoms with Crippen molar-refractivity contribution >= 4 is 54.4 Å². The van der Waals surface area contributed by atoms with Gasteiger partial charge in [-0.25, -0.2) is 9.36 Å². The van der Waals surface area contributed by atoms with Gasteiger partial charge in [-0.3, -0.25) is 39.2 Å². The van der Waals surface area contributed by atoms with E-state index in [4.69, 9.17) is 14.2 Å². The van der Waals surface area contributed by atoms with Gasteiger partial charge in [-0.2, -0.15) is 27.0 Å².